The molecule has 2 rings (SSSR count). The quantitative estimate of drug-likeness (QED) is 0.902. The first-order valence-electron chi connectivity index (χ1n) is 6.83. The largest absolute Gasteiger partial charge is 0.384 e. The topological polar surface area (TPSA) is 68.0 Å². The predicted molar refractivity (Wildman–Crippen MR) is 86.8 cm³/mol. The molecule has 1 aromatic carbocycles. The van der Waals surface area contributed by atoms with Crippen LogP contribution >= 0.6 is 11.6 Å². The third-order valence-electron chi connectivity index (χ3n) is 3.04. The zero-order valence-electron chi connectivity index (χ0n) is 12.1. The van der Waals surface area contributed by atoms with Crippen molar-refractivity contribution < 1.29 is 4.79 Å². The molecule has 0 saturated heterocycles. The lowest BCUT2D eigenvalue weighted by molar-refractivity contribution is 0.102. The average Bonchev–Trinajstić information content (AvgIpc) is 2.41. The molecule has 0 atom stereocenters. The molecule has 0 saturated carbocycles. The second kappa shape index (κ2) is 6.59. The van der Waals surface area contributed by atoms with E-state index in [1.54, 1.807) is 24.3 Å². The Morgan fingerprint density at radius 1 is 1.33 bits per heavy atom. The fourth-order valence-electron chi connectivity index (χ4n) is 2.04. The molecule has 0 radical (unpaired) electrons. The number of nitrogens with zero attached hydrogens (tertiary/aromatic N) is 1. The van der Waals surface area contributed by atoms with Crippen LogP contribution < -0.4 is 11.1 Å². The van der Waals surface area contributed by atoms with Crippen molar-refractivity contribution in [2.45, 2.75) is 26.7 Å². The highest BCUT2D eigenvalue weighted by Gasteiger charge is 2.11. The Morgan fingerprint density at radius 2 is 2.10 bits per heavy atom. The lowest BCUT2D eigenvalue weighted by atomic mass is 10.1. The molecule has 1 aromatic heterocycles. The third-order valence-corrected chi connectivity index (χ3v) is 3.35. The minimum atomic E-state index is -0.243. The van der Waals surface area contributed by atoms with E-state index >= 15 is 0 Å². The Balaban J connectivity index is 2.23. The molecule has 21 heavy (non-hydrogen) atoms. The number of rotatable bonds is 4. The second-order valence-corrected chi connectivity index (χ2v) is 5.37. The molecule has 3 N–H and O–H groups in total. The number of pyridine rings is 1. The van der Waals surface area contributed by atoms with E-state index in [0.29, 0.717) is 22.1 Å². The number of anilines is 2. The van der Waals surface area contributed by atoms with Crippen LogP contribution in [-0.4, -0.2) is 10.9 Å². The number of halogens is 1. The van der Waals surface area contributed by atoms with E-state index in [9.17, 15) is 4.79 Å². The van der Waals surface area contributed by atoms with E-state index in [1.165, 1.54) is 0 Å². The zero-order chi connectivity index (χ0) is 15.4. The summed E-state index contributed by atoms with van der Waals surface area (Å²) in [6, 6.07) is 8.81. The Hall–Kier alpha value is -2.07. The number of aromatic nitrogens is 1. The number of aryl methyl sites for hydroxylation is 2. The highest BCUT2D eigenvalue weighted by Crippen LogP contribution is 2.23. The highest BCUT2D eigenvalue weighted by atomic mass is 35.5. The van der Waals surface area contributed by atoms with E-state index in [-0.39, 0.29) is 5.91 Å². The maximum absolute atomic E-state index is 12.3. The normalized spacial score (nSPS) is 10.4. The maximum atomic E-state index is 12.3. The van der Waals surface area contributed by atoms with Crippen molar-refractivity contribution in [3.63, 3.8) is 0 Å². The smallest absolute Gasteiger partial charge is 0.255 e. The summed E-state index contributed by atoms with van der Waals surface area (Å²) >= 11 is 6.12. The van der Waals surface area contributed by atoms with Gasteiger partial charge in [-0.15, -0.1) is 0 Å². The number of hydrogen-bond donors (Lipinski definition) is 2. The number of amides is 1. The Labute approximate surface area is 129 Å². The van der Waals surface area contributed by atoms with Crippen molar-refractivity contribution >= 4 is 29.0 Å². The second-order valence-electron chi connectivity index (χ2n) is 4.96. The molecule has 0 aliphatic heterocycles. The minimum Gasteiger partial charge on any atom is -0.384 e. The summed E-state index contributed by atoms with van der Waals surface area (Å²) in [6.07, 6.45) is 1.73. The van der Waals surface area contributed by atoms with Crippen LogP contribution in [0.2, 0.25) is 5.02 Å². The highest BCUT2D eigenvalue weighted by molar-refractivity contribution is 6.34. The summed E-state index contributed by atoms with van der Waals surface area (Å²) in [7, 11) is 0. The van der Waals surface area contributed by atoms with Gasteiger partial charge in [0, 0.05) is 11.3 Å². The van der Waals surface area contributed by atoms with E-state index in [4.69, 9.17) is 17.3 Å². The number of nitrogen functional groups attached to an aromatic ring is 1. The van der Waals surface area contributed by atoms with Crippen LogP contribution in [0.1, 0.15) is 35.0 Å². The average molecular weight is 304 g/mol. The van der Waals surface area contributed by atoms with E-state index < -0.39 is 0 Å². The van der Waals surface area contributed by atoms with E-state index in [2.05, 4.69) is 17.2 Å². The Bertz CT molecular complexity index is 671. The van der Waals surface area contributed by atoms with Gasteiger partial charge in [-0.2, -0.15) is 0 Å². The fraction of sp³-hybridized carbons (Fsp3) is 0.250. The molecule has 0 fully saturated rings. The summed E-state index contributed by atoms with van der Waals surface area (Å²) < 4.78 is 0. The summed E-state index contributed by atoms with van der Waals surface area (Å²) in [6.45, 7) is 3.99. The van der Waals surface area contributed by atoms with Crippen LogP contribution in [0.5, 0.6) is 0 Å². The van der Waals surface area contributed by atoms with Crippen LogP contribution in [-0.2, 0) is 6.42 Å². The van der Waals surface area contributed by atoms with Crippen LogP contribution in [0.3, 0.4) is 0 Å². The van der Waals surface area contributed by atoms with Gasteiger partial charge in [0.25, 0.3) is 5.91 Å². The van der Waals surface area contributed by atoms with Gasteiger partial charge in [0.1, 0.15) is 5.82 Å². The molecule has 4 nitrogen and oxygen atoms in total. The number of benzene rings is 1. The van der Waals surface area contributed by atoms with Gasteiger partial charge in [0.05, 0.1) is 10.7 Å². The number of hydrogen-bond acceptors (Lipinski definition) is 3. The van der Waals surface area contributed by atoms with Crippen molar-refractivity contribution in [2.75, 3.05) is 11.1 Å². The molecule has 0 aliphatic carbocycles. The first-order valence-corrected chi connectivity index (χ1v) is 7.21. The molecule has 0 spiro atoms. The lowest BCUT2D eigenvalue weighted by Gasteiger charge is -2.09. The van der Waals surface area contributed by atoms with Crippen molar-refractivity contribution in [1.82, 2.24) is 4.98 Å². The summed E-state index contributed by atoms with van der Waals surface area (Å²) in [5.41, 5.74) is 8.68. The van der Waals surface area contributed by atoms with Gasteiger partial charge in [0.2, 0.25) is 0 Å². The van der Waals surface area contributed by atoms with Crippen molar-refractivity contribution in [3.8, 4) is 0 Å². The molecule has 1 heterocycles. The summed E-state index contributed by atoms with van der Waals surface area (Å²) in [5.74, 6) is 0.105. The zero-order valence-corrected chi connectivity index (χ0v) is 12.9. The fourth-order valence-corrected chi connectivity index (χ4v) is 2.32. The number of nitrogens with two attached hydrogens (primary N) is 1. The van der Waals surface area contributed by atoms with Crippen molar-refractivity contribution in [2.24, 2.45) is 0 Å². The predicted octanol–water partition coefficient (Wildman–Crippen LogP) is 3.83. The van der Waals surface area contributed by atoms with Crippen LogP contribution in [0.15, 0.2) is 30.3 Å². The minimum absolute atomic E-state index is 0.243. The Kier molecular flexibility index (Phi) is 4.81. The molecule has 5 heteroatoms. The van der Waals surface area contributed by atoms with Gasteiger partial charge in [-0.1, -0.05) is 31.0 Å². The molecule has 0 bridgehead atoms. The van der Waals surface area contributed by atoms with Gasteiger partial charge in [-0.25, -0.2) is 4.98 Å². The van der Waals surface area contributed by atoms with Crippen molar-refractivity contribution in [3.05, 3.63) is 52.2 Å². The lowest BCUT2D eigenvalue weighted by Crippen LogP contribution is -2.14. The molecule has 0 aliphatic rings. The first kappa shape index (κ1) is 15.3. The standard InChI is InChI=1S/C16H18ClN3O/c1-3-4-12-8-11(9-15(18)19-12)16(21)20-14-6-5-10(2)7-13(14)17/h5-9H,3-4H2,1-2H3,(H2,18,19)(H,20,21). The van der Waals surface area contributed by atoms with Gasteiger partial charge >= 0.3 is 0 Å². The van der Waals surface area contributed by atoms with Crippen LogP contribution in [0.25, 0.3) is 0 Å². The molecular formula is C16H18ClN3O. The number of carbonyl (C=O) groups is 1. The number of carbonyl (C=O) groups excluding carboxylic acids is 1. The van der Waals surface area contributed by atoms with E-state index in [1.807, 2.05) is 13.0 Å². The SMILES string of the molecule is CCCc1cc(C(=O)Nc2ccc(C)cc2Cl)cc(N)n1. The summed E-state index contributed by atoms with van der Waals surface area (Å²) in [4.78, 5) is 16.5. The summed E-state index contributed by atoms with van der Waals surface area (Å²) in [5, 5.41) is 3.31. The molecular weight excluding hydrogens is 286 g/mol. The van der Waals surface area contributed by atoms with Crippen LogP contribution in [0.4, 0.5) is 11.5 Å². The van der Waals surface area contributed by atoms with Gasteiger partial charge in [-0.3, -0.25) is 4.79 Å². The van der Waals surface area contributed by atoms with Gasteiger partial charge in [0.15, 0.2) is 0 Å². The van der Waals surface area contributed by atoms with Gasteiger partial charge in [-0.05, 0) is 43.2 Å². The first-order chi connectivity index (χ1) is 9.99. The van der Waals surface area contributed by atoms with Gasteiger partial charge < -0.3 is 11.1 Å². The Morgan fingerprint density at radius 3 is 2.76 bits per heavy atom. The molecule has 110 valence electrons. The monoisotopic (exact) mass is 303 g/mol. The number of nitrogens with one attached hydrogen (secondary N) is 1. The van der Waals surface area contributed by atoms with Crippen molar-refractivity contribution in [1.29, 1.82) is 0 Å². The molecule has 2 aromatic rings. The third kappa shape index (κ3) is 3.95. The van der Waals surface area contributed by atoms with E-state index in [0.717, 1.165) is 24.1 Å². The molecule has 1 amide bonds. The molecule has 0 unspecified atom stereocenters. The van der Waals surface area contributed by atoms with Crippen LogP contribution in [0, 0.1) is 6.92 Å². The maximum Gasteiger partial charge on any atom is 0.255 e.